The molecule has 1 N–H and O–H groups in total. The van der Waals surface area contributed by atoms with Gasteiger partial charge in [-0.2, -0.15) is 13.2 Å². The van der Waals surface area contributed by atoms with Gasteiger partial charge >= 0.3 is 12.1 Å². The van der Waals surface area contributed by atoms with Crippen molar-refractivity contribution in [3.05, 3.63) is 90.0 Å². The number of aliphatic carboxylic acids is 1. The normalized spacial score (nSPS) is 12.2. The van der Waals surface area contributed by atoms with E-state index >= 15 is 0 Å². The summed E-state index contributed by atoms with van der Waals surface area (Å²) in [6.07, 6.45) is -4.00. The Bertz CT molecular complexity index is 1330. The molecule has 3 nitrogen and oxygen atoms in total. The van der Waals surface area contributed by atoms with E-state index in [4.69, 9.17) is 4.98 Å². The first-order valence-electron chi connectivity index (χ1n) is 12.0. The molecule has 0 spiro atoms. The third-order valence-corrected chi connectivity index (χ3v) is 5.81. The molecule has 0 fully saturated rings. The lowest BCUT2D eigenvalue weighted by Gasteiger charge is -2.18. The monoisotopic (exact) mass is 493 g/mol. The maximum atomic E-state index is 13.0. The number of nitrogens with zero attached hydrogens (tertiary/aromatic N) is 1. The number of carboxylic acid groups (broad SMARTS) is 1. The van der Waals surface area contributed by atoms with Gasteiger partial charge in [0.15, 0.2) is 0 Å². The molecule has 0 bridgehead atoms. The van der Waals surface area contributed by atoms with Crippen molar-refractivity contribution in [2.75, 3.05) is 0 Å². The zero-order valence-electron chi connectivity index (χ0n) is 20.8. The Morgan fingerprint density at radius 3 is 1.94 bits per heavy atom. The Morgan fingerprint density at radius 2 is 1.39 bits per heavy atom. The van der Waals surface area contributed by atoms with Crippen LogP contribution in [-0.4, -0.2) is 16.1 Å². The van der Waals surface area contributed by atoms with Crippen LogP contribution in [0.5, 0.6) is 0 Å². The number of alkyl halides is 3. The summed E-state index contributed by atoms with van der Waals surface area (Å²) in [7, 11) is 0. The Hall–Kier alpha value is -3.67. The Labute approximate surface area is 209 Å². The molecule has 36 heavy (non-hydrogen) atoms. The molecule has 1 heterocycles. The van der Waals surface area contributed by atoms with Crippen LogP contribution in [0.4, 0.5) is 13.2 Å². The molecule has 0 amide bonds. The molecular weight excluding hydrogens is 463 g/mol. The number of hydrogen-bond donors (Lipinski definition) is 1. The molecule has 1 aromatic heterocycles. The van der Waals surface area contributed by atoms with Gasteiger partial charge in [0, 0.05) is 11.1 Å². The summed E-state index contributed by atoms with van der Waals surface area (Å²) in [5.41, 5.74) is 2.14. The number of aromatic nitrogens is 1. The summed E-state index contributed by atoms with van der Waals surface area (Å²) in [6.45, 7) is 7.91. The van der Waals surface area contributed by atoms with Crippen molar-refractivity contribution in [1.29, 1.82) is 0 Å². The number of carbonyl (C=O) groups is 1. The minimum absolute atomic E-state index is 0.146. The van der Waals surface area contributed by atoms with Crippen molar-refractivity contribution >= 4 is 16.7 Å². The topological polar surface area (TPSA) is 50.2 Å². The first-order valence-corrected chi connectivity index (χ1v) is 12.0. The highest BCUT2D eigenvalue weighted by Gasteiger charge is 2.30. The van der Waals surface area contributed by atoms with Crippen molar-refractivity contribution in [2.45, 2.75) is 46.2 Å². The van der Waals surface area contributed by atoms with Gasteiger partial charge in [0.05, 0.1) is 22.9 Å². The van der Waals surface area contributed by atoms with Crippen LogP contribution >= 0.6 is 0 Å². The lowest BCUT2D eigenvalue weighted by atomic mass is 9.88. The molecule has 1 atom stereocenters. The highest BCUT2D eigenvalue weighted by atomic mass is 19.4. The van der Waals surface area contributed by atoms with Crippen LogP contribution in [0.2, 0.25) is 0 Å². The van der Waals surface area contributed by atoms with Crippen LogP contribution in [-0.2, 0) is 11.0 Å². The second kappa shape index (κ2) is 11.4. The predicted octanol–water partition coefficient (Wildman–Crippen LogP) is 8.83. The number of carboxylic acids is 1. The first-order chi connectivity index (χ1) is 17.1. The fourth-order valence-electron chi connectivity index (χ4n) is 4.08. The van der Waals surface area contributed by atoms with Gasteiger partial charge < -0.3 is 5.11 Å². The standard InChI is InChI=1S/C28H24F3NO2.C2H6/c1-17(2)13-24(27(33)34)22-15-25(19-9-11-23(12-10-19)28(29,30)31)32-26(16-22)21-8-7-18-5-3-4-6-20(18)14-21;1-2/h3-12,14-17,24H,13H2,1-2H3,(H,33,34);1-2H3. The number of halogens is 3. The first kappa shape index (κ1) is 26.9. The molecule has 3 aromatic carbocycles. The minimum Gasteiger partial charge on any atom is -0.481 e. The number of hydrogen-bond acceptors (Lipinski definition) is 2. The van der Waals surface area contributed by atoms with Gasteiger partial charge in [-0.05, 0) is 59.0 Å². The predicted molar refractivity (Wildman–Crippen MR) is 139 cm³/mol. The molecule has 4 aromatic rings. The zero-order chi connectivity index (χ0) is 26.5. The minimum atomic E-state index is -4.43. The van der Waals surface area contributed by atoms with E-state index in [0.717, 1.165) is 28.5 Å². The van der Waals surface area contributed by atoms with Crippen LogP contribution in [0, 0.1) is 5.92 Å². The number of rotatable bonds is 6. The average molecular weight is 494 g/mol. The molecule has 0 saturated heterocycles. The quantitative estimate of drug-likeness (QED) is 0.292. The highest BCUT2D eigenvalue weighted by Crippen LogP contribution is 2.34. The van der Waals surface area contributed by atoms with Crippen LogP contribution in [0.15, 0.2) is 78.9 Å². The van der Waals surface area contributed by atoms with Gasteiger partial charge in [-0.3, -0.25) is 4.79 Å². The van der Waals surface area contributed by atoms with E-state index in [0.29, 0.717) is 28.9 Å². The van der Waals surface area contributed by atoms with E-state index < -0.39 is 23.6 Å². The van der Waals surface area contributed by atoms with E-state index in [1.54, 1.807) is 12.1 Å². The SMILES string of the molecule is CC.CC(C)CC(C(=O)O)c1cc(-c2ccc(C(F)(F)F)cc2)nc(-c2ccc3ccccc3c2)c1. The average Bonchev–Trinajstić information content (AvgIpc) is 2.87. The fourth-order valence-corrected chi connectivity index (χ4v) is 4.08. The summed E-state index contributed by atoms with van der Waals surface area (Å²) in [6, 6.07) is 22.0. The second-order valence-electron chi connectivity index (χ2n) is 8.83. The van der Waals surface area contributed by atoms with Gasteiger partial charge in [-0.15, -0.1) is 0 Å². The van der Waals surface area contributed by atoms with E-state index in [-0.39, 0.29) is 5.92 Å². The number of fused-ring (bicyclic) bond motifs is 1. The number of benzene rings is 3. The maximum Gasteiger partial charge on any atom is 0.416 e. The molecule has 188 valence electrons. The van der Waals surface area contributed by atoms with Gasteiger partial charge in [0.2, 0.25) is 0 Å². The largest absolute Gasteiger partial charge is 0.481 e. The maximum absolute atomic E-state index is 13.0. The molecule has 6 heteroatoms. The van der Waals surface area contributed by atoms with Crippen LogP contribution in [0.3, 0.4) is 0 Å². The summed E-state index contributed by atoms with van der Waals surface area (Å²) in [4.78, 5) is 16.8. The van der Waals surface area contributed by atoms with Crippen molar-refractivity contribution < 1.29 is 23.1 Å². The van der Waals surface area contributed by atoms with Gasteiger partial charge in [-0.1, -0.05) is 76.2 Å². The van der Waals surface area contributed by atoms with Gasteiger partial charge in [0.25, 0.3) is 0 Å². The fraction of sp³-hybridized carbons (Fsp3) is 0.267. The third-order valence-electron chi connectivity index (χ3n) is 5.81. The Balaban J connectivity index is 0.00000176. The van der Waals surface area contributed by atoms with Crippen molar-refractivity contribution in [3.63, 3.8) is 0 Å². The van der Waals surface area contributed by atoms with Crippen LogP contribution in [0.25, 0.3) is 33.3 Å². The van der Waals surface area contributed by atoms with Crippen LogP contribution in [0.1, 0.15) is 51.2 Å². The summed E-state index contributed by atoms with van der Waals surface area (Å²) in [5.74, 6) is -1.55. The highest BCUT2D eigenvalue weighted by molar-refractivity contribution is 5.87. The molecule has 0 radical (unpaired) electrons. The summed E-state index contributed by atoms with van der Waals surface area (Å²) < 4.78 is 39.1. The molecule has 0 aliphatic carbocycles. The smallest absolute Gasteiger partial charge is 0.416 e. The molecule has 4 rings (SSSR count). The second-order valence-corrected chi connectivity index (χ2v) is 8.83. The zero-order valence-corrected chi connectivity index (χ0v) is 20.8. The molecule has 0 aliphatic heterocycles. The third kappa shape index (κ3) is 6.30. The van der Waals surface area contributed by atoms with Gasteiger partial charge in [-0.25, -0.2) is 4.98 Å². The van der Waals surface area contributed by atoms with Crippen molar-refractivity contribution in [2.24, 2.45) is 5.92 Å². The van der Waals surface area contributed by atoms with Crippen molar-refractivity contribution in [1.82, 2.24) is 4.98 Å². The Morgan fingerprint density at radius 1 is 0.833 bits per heavy atom. The van der Waals surface area contributed by atoms with E-state index in [9.17, 15) is 23.1 Å². The van der Waals surface area contributed by atoms with E-state index in [1.807, 2.05) is 70.2 Å². The molecular formula is C30H30F3NO2. The van der Waals surface area contributed by atoms with E-state index in [2.05, 4.69) is 0 Å². The Kier molecular flexibility index (Phi) is 8.51. The lowest BCUT2D eigenvalue weighted by Crippen LogP contribution is -2.14. The molecule has 1 unspecified atom stereocenters. The van der Waals surface area contributed by atoms with Gasteiger partial charge in [0.1, 0.15) is 0 Å². The summed E-state index contributed by atoms with van der Waals surface area (Å²) in [5, 5.41) is 12.0. The number of pyridine rings is 1. The summed E-state index contributed by atoms with van der Waals surface area (Å²) >= 11 is 0. The molecule has 0 saturated carbocycles. The van der Waals surface area contributed by atoms with Crippen LogP contribution < -0.4 is 0 Å². The van der Waals surface area contributed by atoms with E-state index in [1.165, 1.54) is 12.1 Å². The lowest BCUT2D eigenvalue weighted by molar-refractivity contribution is -0.139. The van der Waals surface area contributed by atoms with Crippen molar-refractivity contribution in [3.8, 4) is 22.5 Å². The molecule has 0 aliphatic rings.